The summed E-state index contributed by atoms with van der Waals surface area (Å²) in [5.41, 5.74) is 2.39. The Morgan fingerprint density at radius 2 is 2.16 bits per heavy atom. The molecule has 0 aliphatic heterocycles. The Hall–Kier alpha value is -1.18. The van der Waals surface area contributed by atoms with Crippen molar-refractivity contribution >= 4 is 5.69 Å². The summed E-state index contributed by atoms with van der Waals surface area (Å²) in [5, 5.41) is 3.59. The van der Waals surface area contributed by atoms with Crippen molar-refractivity contribution in [3.63, 3.8) is 0 Å². The van der Waals surface area contributed by atoms with Gasteiger partial charge in [0.15, 0.2) is 0 Å². The first-order valence-electron chi connectivity index (χ1n) is 7.66. The summed E-state index contributed by atoms with van der Waals surface area (Å²) in [6.45, 7) is 8.32. The molecule has 19 heavy (non-hydrogen) atoms. The molecule has 0 saturated heterocycles. The molecule has 0 heterocycles. The minimum absolute atomic E-state index is 0.721. The predicted molar refractivity (Wildman–Crippen MR) is 82.0 cm³/mol. The fourth-order valence-electron chi connectivity index (χ4n) is 3.05. The van der Waals surface area contributed by atoms with Gasteiger partial charge in [0.25, 0.3) is 0 Å². The van der Waals surface area contributed by atoms with E-state index in [1.807, 2.05) is 6.92 Å². The third-order valence-electron chi connectivity index (χ3n) is 4.06. The second-order valence-electron chi connectivity index (χ2n) is 5.95. The molecular weight excluding hydrogens is 234 g/mol. The van der Waals surface area contributed by atoms with E-state index in [1.54, 1.807) is 0 Å². The predicted octanol–water partition coefficient (Wildman–Crippen LogP) is 4.63. The van der Waals surface area contributed by atoms with Gasteiger partial charge in [0, 0.05) is 6.54 Å². The number of anilines is 1. The van der Waals surface area contributed by atoms with Gasteiger partial charge in [-0.3, -0.25) is 0 Å². The Bertz CT molecular complexity index is 402. The zero-order valence-corrected chi connectivity index (χ0v) is 12.5. The molecule has 0 radical (unpaired) electrons. The maximum Gasteiger partial charge on any atom is 0.142 e. The lowest BCUT2D eigenvalue weighted by molar-refractivity contribution is 0.293. The van der Waals surface area contributed by atoms with Crippen molar-refractivity contribution in [3.05, 3.63) is 23.8 Å². The summed E-state index contributed by atoms with van der Waals surface area (Å²) < 4.78 is 5.72. The number of hydrogen-bond acceptors (Lipinski definition) is 2. The second-order valence-corrected chi connectivity index (χ2v) is 5.95. The van der Waals surface area contributed by atoms with Crippen LogP contribution in [0.3, 0.4) is 0 Å². The molecule has 0 bridgehead atoms. The van der Waals surface area contributed by atoms with Crippen LogP contribution in [0.5, 0.6) is 5.75 Å². The largest absolute Gasteiger partial charge is 0.492 e. The molecular formula is C17H27NO. The van der Waals surface area contributed by atoms with Gasteiger partial charge < -0.3 is 10.1 Å². The van der Waals surface area contributed by atoms with E-state index in [0.29, 0.717) is 0 Å². The maximum atomic E-state index is 5.72. The number of nitrogens with one attached hydrogen (secondary N) is 1. The van der Waals surface area contributed by atoms with Gasteiger partial charge in [-0.1, -0.05) is 25.8 Å². The van der Waals surface area contributed by atoms with Crippen LogP contribution in [0, 0.1) is 18.8 Å². The van der Waals surface area contributed by atoms with E-state index in [9.17, 15) is 0 Å². The van der Waals surface area contributed by atoms with Crippen LogP contribution in [0.25, 0.3) is 0 Å². The molecule has 1 aromatic carbocycles. The van der Waals surface area contributed by atoms with Gasteiger partial charge >= 0.3 is 0 Å². The van der Waals surface area contributed by atoms with Crippen molar-refractivity contribution in [2.75, 3.05) is 18.5 Å². The van der Waals surface area contributed by atoms with Gasteiger partial charge in [0.05, 0.1) is 12.3 Å². The van der Waals surface area contributed by atoms with Gasteiger partial charge in [-0.25, -0.2) is 0 Å². The Balaban J connectivity index is 1.94. The lowest BCUT2D eigenvalue weighted by Crippen LogP contribution is -2.21. The van der Waals surface area contributed by atoms with Crippen molar-refractivity contribution in [1.29, 1.82) is 0 Å². The minimum atomic E-state index is 0.721. The summed E-state index contributed by atoms with van der Waals surface area (Å²) in [4.78, 5) is 0. The minimum Gasteiger partial charge on any atom is -0.492 e. The van der Waals surface area contributed by atoms with Crippen molar-refractivity contribution in [3.8, 4) is 5.75 Å². The zero-order valence-electron chi connectivity index (χ0n) is 12.5. The lowest BCUT2D eigenvalue weighted by Gasteiger charge is -2.27. The Labute approximate surface area is 117 Å². The molecule has 1 fully saturated rings. The van der Waals surface area contributed by atoms with Crippen LogP contribution >= 0.6 is 0 Å². The van der Waals surface area contributed by atoms with Crippen LogP contribution in [0.1, 0.15) is 45.1 Å². The van der Waals surface area contributed by atoms with Crippen LogP contribution in [0.2, 0.25) is 0 Å². The third-order valence-corrected chi connectivity index (χ3v) is 4.06. The van der Waals surface area contributed by atoms with E-state index in [2.05, 4.69) is 37.4 Å². The molecule has 2 heteroatoms. The van der Waals surface area contributed by atoms with E-state index in [-0.39, 0.29) is 0 Å². The van der Waals surface area contributed by atoms with E-state index < -0.39 is 0 Å². The molecule has 2 unspecified atom stereocenters. The van der Waals surface area contributed by atoms with Crippen LogP contribution in [0.15, 0.2) is 18.2 Å². The number of aryl methyl sites for hydroxylation is 1. The first-order valence-corrected chi connectivity index (χ1v) is 7.66. The molecule has 1 aliphatic carbocycles. The lowest BCUT2D eigenvalue weighted by atomic mass is 9.82. The van der Waals surface area contributed by atoms with Gasteiger partial charge in [-0.05, 0) is 56.2 Å². The molecule has 106 valence electrons. The topological polar surface area (TPSA) is 21.3 Å². The standard InChI is InChI=1S/C17H27NO/c1-4-19-17-11-14(3)8-9-16(17)18-12-15-7-5-6-13(2)10-15/h8-9,11,13,15,18H,4-7,10,12H2,1-3H3. The molecule has 1 aliphatic rings. The molecule has 0 spiro atoms. The summed E-state index contributed by atoms with van der Waals surface area (Å²) >= 11 is 0. The van der Waals surface area contributed by atoms with E-state index >= 15 is 0 Å². The maximum absolute atomic E-state index is 5.72. The Morgan fingerprint density at radius 3 is 2.89 bits per heavy atom. The van der Waals surface area contributed by atoms with Crippen molar-refractivity contribution in [1.82, 2.24) is 0 Å². The zero-order chi connectivity index (χ0) is 13.7. The van der Waals surface area contributed by atoms with Crippen molar-refractivity contribution < 1.29 is 4.74 Å². The monoisotopic (exact) mass is 261 g/mol. The number of rotatable bonds is 5. The molecule has 1 N–H and O–H groups in total. The second kappa shape index (κ2) is 6.83. The highest BCUT2D eigenvalue weighted by atomic mass is 16.5. The molecule has 0 aromatic heterocycles. The number of hydrogen-bond donors (Lipinski definition) is 1. The number of ether oxygens (including phenoxy) is 1. The van der Waals surface area contributed by atoms with Crippen LogP contribution in [0.4, 0.5) is 5.69 Å². The van der Waals surface area contributed by atoms with Gasteiger partial charge in [0.2, 0.25) is 0 Å². The highest BCUT2D eigenvalue weighted by Gasteiger charge is 2.18. The average molecular weight is 261 g/mol. The van der Waals surface area contributed by atoms with E-state index in [1.165, 1.54) is 31.2 Å². The molecule has 2 nitrogen and oxygen atoms in total. The fraction of sp³-hybridized carbons (Fsp3) is 0.647. The van der Waals surface area contributed by atoms with Crippen LogP contribution < -0.4 is 10.1 Å². The molecule has 0 amide bonds. The Kier molecular flexibility index (Phi) is 5.12. The van der Waals surface area contributed by atoms with Gasteiger partial charge in [0.1, 0.15) is 5.75 Å². The quantitative estimate of drug-likeness (QED) is 0.834. The molecule has 2 rings (SSSR count). The van der Waals surface area contributed by atoms with Crippen LogP contribution in [-0.4, -0.2) is 13.2 Å². The summed E-state index contributed by atoms with van der Waals surface area (Å²) in [6, 6.07) is 6.41. The SMILES string of the molecule is CCOc1cc(C)ccc1NCC1CCCC(C)C1. The van der Waals surface area contributed by atoms with Gasteiger partial charge in [-0.15, -0.1) is 0 Å². The first kappa shape index (κ1) is 14.2. The normalized spacial score (nSPS) is 23.1. The first-order chi connectivity index (χ1) is 9.19. The van der Waals surface area contributed by atoms with Crippen LogP contribution in [-0.2, 0) is 0 Å². The number of benzene rings is 1. The Morgan fingerprint density at radius 1 is 1.32 bits per heavy atom. The highest BCUT2D eigenvalue weighted by molar-refractivity contribution is 5.57. The highest BCUT2D eigenvalue weighted by Crippen LogP contribution is 2.30. The van der Waals surface area contributed by atoms with E-state index in [4.69, 9.17) is 4.74 Å². The smallest absolute Gasteiger partial charge is 0.142 e. The third kappa shape index (κ3) is 4.15. The summed E-state index contributed by atoms with van der Waals surface area (Å²) in [5.74, 6) is 2.70. The molecule has 1 saturated carbocycles. The van der Waals surface area contributed by atoms with E-state index in [0.717, 1.165) is 36.4 Å². The van der Waals surface area contributed by atoms with Gasteiger partial charge in [-0.2, -0.15) is 0 Å². The van der Waals surface area contributed by atoms with Crippen molar-refractivity contribution in [2.45, 2.75) is 46.5 Å². The summed E-state index contributed by atoms with van der Waals surface area (Å²) in [6.07, 6.45) is 5.53. The molecule has 2 atom stereocenters. The van der Waals surface area contributed by atoms with Crippen molar-refractivity contribution in [2.24, 2.45) is 11.8 Å². The average Bonchev–Trinajstić information content (AvgIpc) is 2.38. The summed E-state index contributed by atoms with van der Waals surface area (Å²) in [7, 11) is 0. The molecule has 1 aromatic rings. The fourth-order valence-corrected chi connectivity index (χ4v) is 3.05.